The van der Waals surface area contributed by atoms with Crippen molar-refractivity contribution in [2.75, 3.05) is 7.11 Å². The summed E-state index contributed by atoms with van der Waals surface area (Å²) >= 11 is 0. The Morgan fingerprint density at radius 3 is 2.70 bits per heavy atom. The fraction of sp³-hybridized carbons (Fsp3) is 0.235. The Balaban J connectivity index is 1.86. The standard InChI is InChI=1S/C17H17N3O3/c1-11-15(17(21)22-3)12(2)20(19-11)9-14-10-23-16(18-14)13-7-5-4-6-8-13/h4-8,10H,9H2,1-3H3. The quantitative estimate of drug-likeness (QED) is 0.693. The highest BCUT2D eigenvalue weighted by molar-refractivity contribution is 5.91. The number of hydrogen-bond donors (Lipinski definition) is 0. The lowest BCUT2D eigenvalue weighted by Crippen LogP contribution is -2.07. The van der Waals surface area contributed by atoms with Crippen molar-refractivity contribution in [3.8, 4) is 11.5 Å². The fourth-order valence-electron chi connectivity index (χ4n) is 2.49. The van der Waals surface area contributed by atoms with Crippen molar-refractivity contribution in [2.45, 2.75) is 20.4 Å². The first-order valence-corrected chi connectivity index (χ1v) is 7.22. The van der Waals surface area contributed by atoms with Crippen molar-refractivity contribution in [2.24, 2.45) is 0 Å². The molecule has 3 rings (SSSR count). The maximum Gasteiger partial charge on any atom is 0.341 e. The number of nitrogens with zero attached hydrogens (tertiary/aromatic N) is 3. The topological polar surface area (TPSA) is 70.2 Å². The number of ether oxygens (including phenoxy) is 1. The molecule has 2 aromatic heterocycles. The van der Waals surface area contributed by atoms with Crippen molar-refractivity contribution in [1.29, 1.82) is 0 Å². The molecule has 0 unspecified atom stereocenters. The van der Waals surface area contributed by atoms with E-state index in [2.05, 4.69) is 10.1 Å². The summed E-state index contributed by atoms with van der Waals surface area (Å²) in [6.45, 7) is 4.05. The molecule has 0 fully saturated rings. The second kappa shape index (κ2) is 6.08. The van der Waals surface area contributed by atoms with Gasteiger partial charge in [0.25, 0.3) is 0 Å². The summed E-state index contributed by atoms with van der Waals surface area (Å²) in [6, 6.07) is 9.69. The largest absolute Gasteiger partial charge is 0.465 e. The molecule has 6 heteroatoms. The van der Waals surface area contributed by atoms with Crippen LogP contribution in [0.4, 0.5) is 0 Å². The number of rotatable bonds is 4. The third-order valence-corrected chi connectivity index (χ3v) is 3.66. The zero-order chi connectivity index (χ0) is 16.4. The van der Waals surface area contributed by atoms with Crippen LogP contribution in [0.5, 0.6) is 0 Å². The van der Waals surface area contributed by atoms with Crippen molar-refractivity contribution in [1.82, 2.24) is 14.8 Å². The van der Waals surface area contributed by atoms with Gasteiger partial charge in [0.1, 0.15) is 17.5 Å². The number of carbonyl (C=O) groups excluding carboxylic acids is 1. The van der Waals surface area contributed by atoms with Gasteiger partial charge in [0.15, 0.2) is 0 Å². The summed E-state index contributed by atoms with van der Waals surface area (Å²) in [5.74, 6) is 0.187. The molecule has 2 heterocycles. The second-order valence-electron chi connectivity index (χ2n) is 5.21. The van der Waals surface area contributed by atoms with Crippen LogP contribution in [-0.2, 0) is 11.3 Å². The van der Waals surface area contributed by atoms with Crippen LogP contribution in [0.15, 0.2) is 41.0 Å². The van der Waals surface area contributed by atoms with Crippen LogP contribution < -0.4 is 0 Å². The molecule has 0 radical (unpaired) electrons. The Labute approximate surface area is 133 Å². The summed E-state index contributed by atoms with van der Waals surface area (Å²) < 4.78 is 12.1. The molecule has 1 aromatic carbocycles. The number of hydrogen-bond acceptors (Lipinski definition) is 5. The maximum absolute atomic E-state index is 11.8. The first-order chi connectivity index (χ1) is 11.1. The smallest absolute Gasteiger partial charge is 0.341 e. The number of aromatic nitrogens is 3. The Morgan fingerprint density at radius 1 is 1.26 bits per heavy atom. The van der Waals surface area contributed by atoms with E-state index in [-0.39, 0.29) is 5.97 Å². The summed E-state index contributed by atoms with van der Waals surface area (Å²) in [4.78, 5) is 16.3. The molecular formula is C17H17N3O3. The SMILES string of the molecule is COC(=O)c1c(C)nn(Cc2coc(-c3ccccc3)n2)c1C. The predicted molar refractivity (Wildman–Crippen MR) is 84.1 cm³/mol. The van der Waals surface area contributed by atoms with E-state index in [1.165, 1.54) is 7.11 Å². The maximum atomic E-state index is 11.8. The van der Waals surface area contributed by atoms with E-state index in [4.69, 9.17) is 9.15 Å². The zero-order valence-electron chi connectivity index (χ0n) is 13.2. The predicted octanol–water partition coefficient (Wildman–Crippen LogP) is 2.99. The van der Waals surface area contributed by atoms with Crippen molar-refractivity contribution >= 4 is 5.97 Å². The molecule has 6 nitrogen and oxygen atoms in total. The molecular weight excluding hydrogens is 294 g/mol. The van der Waals surface area contributed by atoms with Crippen LogP contribution in [0.1, 0.15) is 27.4 Å². The number of methoxy groups -OCH3 is 1. The van der Waals surface area contributed by atoms with E-state index in [0.29, 0.717) is 23.7 Å². The molecule has 0 bridgehead atoms. The molecule has 0 spiro atoms. The van der Waals surface area contributed by atoms with Gasteiger partial charge in [-0.05, 0) is 26.0 Å². The highest BCUT2D eigenvalue weighted by atomic mass is 16.5. The first kappa shape index (κ1) is 15.0. The van der Waals surface area contributed by atoms with Crippen LogP contribution in [0.25, 0.3) is 11.5 Å². The van der Waals surface area contributed by atoms with Crippen molar-refractivity contribution in [3.05, 3.63) is 59.2 Å². The molecule has 0 N–H and O–H groups in total. The van der Waals surface area contributed by atoms with Gasteiger partial charge in [0.05, 0.1) is 25.0 Å². The monoisotopic (exact) mass is 311 g/mol. The van der Waals surface area contributed by atoms with Crippen molar-refractivity contribution < 1.29 is 13.9 Å². The van der Waals surface area contributed by atoms with Crippen molar-refractivity contribution in [3.63, 3.8) is 0 Å². The molecule has 3 aromatic rings. The van der Waals surface area contributed by atoms with Gasteiger partial charge in [-0.25, -0.2) is 9.78 Å². The van der Waals surface area contributed by atoms with E-state index >= 15 is 0 Å². The van der Waals surface area contributed by atoms with Gasteiger partial charge in [-0.1, -0.05) is 18.2 Å². The minimum absolute atomic E-state index is 0.378. The fourth-order valence-corrected chi connectivity index (χ4v) is 2.49. The van der Waals surface area contributed by atoms with Gasteiger partial charge in [0, 0.05) is 5.56 Å². The van der Waals surface area contributed by atoms with Crippen LogP contribution in [0.3, 0.4) is 0 Å². The van der Waals surface area contributed by atoms with Crippen LogP contribution in [0.2, 0.25) is 0 Å². The molecule has 0 saturated heterocycles. The summed E-state index contributed by atoms with van der Waals surface area (Å²) in [5.41, 5.74) is 3.55. The Bertz CT molecular complexity index is 834. The van der Waals surface area contributed by atoms with E-state index in [1.807, 2.05) is 37.3 Å². The Hall–Kier alpha value is -2.89. The molecule has 0 saturated carbocycles. The Kier molecular flexibility index (Phi) is 3.97. The minimum atomic E-state index is -0.378. The molecule has 0 atom stereocenters. The Morgan fingerprint density at radius 2 is 2.00 bits per heavy atom. The molecule has 0 aliphatic carbocycles. The third kappa shape index (κ3) is 2.88. The van der Waals surface area contributed by atoms with E-state index < -0.39 is 0 Å². The van der Waals surface area contributed by atoms with E-state index in [0.717, 1.165) is 17.0 Å². The lowest BCUT2D eigenvalue weighted by Gasteiger charge is -2.02. The highest BCUT2D eigenvalue weighted by Crippen LogP contribution is 2.20. The van der Waals surface area contributed by atoms with Gasteiger partial charge in [0.2, 0.25) is 5.89 Å². The number of carbonyl (C=O) groups is 1. The lowest BCUT2D eigenvalue weighted by molar-refractivity contribution is 0.0599. The van der Waals surface area contributed by atoms with Crippen LogP contribution in [0, 0.1) is 13.8 Å². The van der Waals surface area contributed by atoms with Gasteiger partial charge in [-0.3, -0.25) is 4.68 Å². The number of oxazole rings is 1. The second-order valence-corrected chi connectivity index (χ2v) is 5.21. The third-order valence-electron chi connectivity index (χ3n) is 3.66. The van der Waals surface area contributed by atoms with E-state index in [1.54, 1.807) is 17.9 Å². The van der Waals surface area contributed by atoms with Gasteiger partial charge in [-0.2, -0.15) is 5.10 Å². The normalized spacial score (nSPS) is 10.7. The van der Waals surface area contributed by atoms with E-state index in [9.17, 15) is 4.79 Å². The highest BCUT2D eigenvalue weighted by Gasteiger charge is 2.19. The molecule has 0 aliphatic heterocycles. The average Bonchev–Trinajstić information content (AvgIpc) is 3.13. The van der Waals surface area contributed by atoms with Gasteiger partial charge >= 0.3 is 5.97 Å². The molecule has 23 heavy (non-hydrogen) atoms. The van der Waals surface area contributed by atoms with Gasteiger partial charge < -0.3 is 9.15 Å². The summed E-state index contributed by atoms with van der Waals surface area (Å²) in [5, 5.41) is 4.39. The van der Waals surface area contributed by atoms with Crippen LogP contribution in [-0.4, -0.2) is 27.8 Å². The summed E-state index contributed by atoms with van der Waals surface area (Å²) in [7, 11) is 1.36. The molecule has 118 valence electrons. The first-order valence-electron chi connectivity index (χ1n) is 7.22. The zero-order valence-corrected chi connectivity index (χ0v) is 13.2. The number of benzene rings is 1. The van der Waals surface area contributed by atoms with Crippen LogP contribution >= 0.6 is 0 Å². The molecule has 0 aliphatic rings. The minimum Gasteiger partial charge on any atom is -0.465 e. The lowest BCUT2D eigenvalue weighted by atomic mass is 10.2. The average molecular weight is 311 g/mol. The molecule has 0 amide bonds. The number of aryl methyl sites for hydroxylation is 1. The summed E-state index contributed by atoms with van der Waals surface area (Å²) in [6.07, 6.45) is 1.61. The number of esters is 1. The van der Waals surface area contributed by atoms with Gasteiger partial charge in [-0.15, -0.1) is 0 Å².